The Kier molecular flexibility index (Phi) is 4.74. The van der Waals surface area contributed by atoms with Crippen molar-refractivity contribution in [2.75, 3.05) is 13.2 Å². The molecule has 0 radical (unpaired) electrons. The minimum Gasteiger partial charge on any atom is -0.408 e. The Morgan fingerprint density at radius 3 is 2.23 bits per heavy atom. The summed E-state index contributed by atoms with van der Waals surface area (Å²) >= 11 is 0. The van der Waals surface area contributed by atoms with Crippen molar-refractivity contribution >= 4 is 14.1 Å². The van der Waals surface area contributed by atoms with Crippen LogP contribution in [0.4, 0.5) is 0 Å². The Labute approximate surface area is 158 Å². The number of carbonyl (C=O) groups is 1. The predicted molar refractivity (Wildman–Crippen MR) is 103 cm³/mol. The summed E-state index contributed by atoms with van der Waals surface area (Å²) in [5, 5.41) is 0. The molecule has 0 aromatic rings. The first kappa shape index (κ1) is 18.9. The molecule has 0 unspecified atom stereocenters. The topological polar surface area (TPSA) is 44.8 Å². The van der Waals surface area contributed by atoms with Crippen molar-refractivity contribution in [2.24, 2.45) is 11.3 Å². The average Bonchev–Trinajstić information content (AvgIpc) is 3.23. The molecule has 4 aliphatic rings. The number of ether oxygens (including phenoxy) is 2. The second-order valence-corrected chi connectivity index (χ2v) is 13.4. The Hall–Kier alpha value is -0.493. The molecule has 2 atom stereocenters. The molecule has 26 heavy (non-hydrogen) atoms. The maximum atomic E-state index is 12.8. The van der Waals surface area contributed by atoms with Crippen molar-refractivity contribution in [1.29, 1.82) is 0 Å². The van der Waals surface area contributed by atoms with E-state index in [1.54, 1.807) is 0 Å². The van der Waals surface area contributed by atoms with Gasteiger partial charge in [0.1, 0.15) is 6.10 Å². The van der Waals surface area contributed by atoms with Gasteiger partial charge in [0.25, 0.3) is 0 Å². The molecule has 2 saturated carbocycles. The minimum atomic E-state index is -1.85. The van der Waals surface area contributed by atoms with Gasteiger partial charge in [-0.15, -0.1) is 0 Å². The molecule has 5 heteroatoms. The van der Waals surface area contributed by atoms with Crippen LogP contribution in [-0.4, -0.2) is 39.2 Å². The van der Waals surface area contributed by atoms with E-state index in [1.165, 1.54) is 12.0 Å². The average molecular weight is 379 g/mol. The van der Waals surface area contributed by atoms with E-state index in [1.807, 2.05) is 0 Å². The molecule has 2 spiro atoms. The third kappa shape index (κ3) is 2.26. The van der Waals surface area contributed by atoms with Crippen LogP contribution >= 0.6 is 0 Å². The molecule has 0 aromatic carbocycles. The van der Waals surface area contributed by atoms with E-state index in [0.29, 0.717) is 25.4 Å². The second kappa shape index (κ2) is 6.54. The molecule has 1 heterocycles. The first-order valence-corrected chi connectivity index (χ1v) is 13.2. The lowest BCUT2D eigenvalue weighted by atomic mass is 9.52. The Morgan fingerprint density at radius 1 is 1.12 bits per heavy atom. The quantitative estimate of drug-likeness (QED) is 0.656. The highest BCUT2D eigenvalue weighted by atomic mass is 28.4. The van der Waals surface area contributed by atoms with Crippen LogP contribution in [0.25, 0.3) is 0 Å². The number of rotatable bonds is 5. The largest absolute Gasteiger partial charge is 0.408 e. The molecular weight excluding hydrogens is 344 g/mol. The number of hydrogen-bond donors (Lipinski definition) is 0. The first-order valence-electron chi connectivity index (χ1n) is 10.7. The van der Waals surface area contributed by atoms with Crippen LogP contribution in [0.1, 0.15) is 59.8 Å². The van der Waals surface area contributed by atoms with Gasteiger partial charge in [-0.2, -0.15) is 0 Å². The summed E-state index contributed by atoms with van der Waals surface area (Å²) in [5.74, 6) is -0.161. The van der Waals surface area contributed by atoms with E-state index < -0.39 is 14.1 Å². The lowest BCUT2D eigenvalue weighted by Gasteiger charge is -2.61. The van der Waals surface area contributed by atoms with Gasteiger partial charge in [0.2, 0.25) is 5.79 Å². The molecule has 4 nitrogen and oxygen atoms in total. The summed E-state index contributed by atoms with van der Waals surface area (Å²) in [6.45, 7) is 10.3. The van der Waals surface area contributed by atoms with Crippen LogP contribution in [0.15, 0.2) is 11.1 Å². The SMILES string of the molecule is CC[Si](CC)(CC)O[C@@H]1[C@@H]2CCC(=O)C2=C(C)C2(CCC2)C12OCCO2. The molecule has 3 aliphatic carbocycles. The van der Waals surface area contributed by atoms with E-state index in [9.17, 15) is 4.79 Å². The van der Waals surface area contributed by atoms with Crippen molar-refractivity contribution in [3.8, 4) is 0 Å². The van der Waals surface area contributed by atoms with Gasteiger partial charge in [0.05, 0.1) is 13.2 Å². The van der Waals surface area contributed by atoms with Gasteiger partial charge in [-0.3, -0.25) is 4.79 Å². The van der Waals surface area contributed by atoms with Gasteiger partial charge >= 0.3 is 0 Å². The van der Waals surface area contributed by atoms with Crippen LogP contribution in [0.2, 0.25) is 18.1 Å². The van der Waals surface area contributed by atoms with Crippen molar-refractivity contribution in [3.63, 3.8) is 0 Å². The van der Waals surface area contributed by atoms with E-state index in [4.69, 9.17) is 13.9 Å². The van der Waals surface area contributed by atoms with E-state index in [2.05, 4.69) is 27.7 Å². The zero-order valence-corrected chi connectivity index (χ0v) is 17.9. The summed E-state index contributed by atoms with van der Waals surface area (Å²) in [5.41, 5.74) is 2.19. The smallest absolute Gasteiger partial charge is 0.203 e. The normalized spacial score (nSPS) is 32.4. The number of ketones is 1. The third-order valence-corrected chi connectivity index (χ3v) is 12.7. The Morgan fingerprint density at radius 2 is 1.73 bits per heavy atom. The fourth-order valence-corrected chi connectivity index (χ4v) is 9.03. The van der Waals surface area contributed by atoms with Gasteiger partial charge in [0, 0.05) is 23.3 Å². The van der Waals surface area contributed by atoms with Crippen molar-refractivity contribution in [1.82, 2.24) is 0 Å². The molecule has 146 valence electrons. The fourth-order valence-electron chi connectivity index (χ4n) is 6.17. The Balaban J connectivity index is 1.84. The Bertz CT molecular complexity index is 603. The van der Waals surface area contributed by atoms with Crippen LogP contribution in [0.3, 0.4) is 0 Å². The monoisotopic (exact) mass is 378 g/mol. The van der Waals surface area contributed by atoms with Crippen molar-refractivity contribution < 1.29 is 18.7 Å². The highest BCUT2D eigenvalue weighted by Crippen LogP contribution is 2.65. The lowest BCUT2D eigenvalue weighted by Crippen LogP contribution is -2.67. The van der Waals surface area contributed by atoms with Crippen LogP contribution in [0.5, 0.6) is 0 Å². The molecule has 1 aliphatic heterocycles. The van der Waals surface area contributed by atoms with Crippen molar-refractivity contribution in [3.05, 3.63) is 11.1 Å². The molecule has 3 fully saturated rings. The molecule has 0 bridgehead atoms. The summed E-state index contributed by atoms with van der Waals surface area (Å²) < 4.78 is 20.1. The second-order valence-electron chi connectivity index (χ2n) is 8.69. The summed E-state index contributed by atoms with van der Waals surface area (Å²) in [6, 6.07) is 3.33. The van der Waals surface area contributed by atoms with Gasteiger partial charge in [-0.25, -0.2) is 0 Å². The van der Waals surface area contributed by atoms with Crippen LogP contribution < -0.4 is 0 Å². The zero-order valence-electron chi connectivity index (χ0n) is 16.9. The standard InChI is InChI=1S/C21H34O4Si/c1-5-26(6-2,7-3)25-19-16-9-10-17(22)18(16)15(4)20(11-8-12-20)21(19)23-13-14-24-21/h16,19H,5-14H2,1-4H3/t16-,19-/m1/s1. The van der Waals surface area contributed by atoms with Gasteiger partial charge in [0.15, 0.2) is 14.1 Å². The van der Waals surface area contributed by atoms with Gasteiger partial charge < -0.3 is 13.9 Å². The van der Waals surface area contributed by atoms with E-state index in [0.717, 1.165) is 43.0 Å². The molecule has 4 rings (SSSR count). The summed E-state index contributed by atoms with van der Waals surface area (Å²) in [4.78, 5) is 12.8. The van der Waals surface area contributed by atoms with Crippen LogP contribution in [-0.2, 0) is 18.7 Å². The molecular formula is C21H34O4Si. The molecule has 1 saturated heterocycles. The first-order chi connectivity index (χ1) is 12.5. The van der Waals surface area contributed by atoms with Gasteiger partial charge in [-0.05, 0) is 44.3 Å². The lowest BCUT2D eigenvalue weighted by molar-refractivity contribution is -0.303. The van der Waals surface area contributed by atoms with E-state index in [-0.39, 0.29) is 17.4 Å². The minimum absolute atomic E-state index is 0.109. The predicted octanol–water partition coefficient (Wildman–Crippen LogP) is 4.60. The summed E-state index contributed by atoms with van der Waals surface area (Å²) in [7, 11) is -1.85. The summed E-state index contributed by atoms with van der Waals surface area (Å²) in [6.07, 6.45) is 4.73. The number of hydrogen-bond acceptors (Lipinski definition) is 4. The number of fused-ring (bicyclic) bond motifs is 2. The maximum Gasteiger partial charge on any atom is 0.203 e. The number of carbonyl (C=O) groups excluding carboxylic acids is 1. The highest BCUT2D eigenvalue weighted by Gasteiger charge is 2.70. The highest BCUT2D eigenvalue weighted by molar-refractivity contribution is 6.73. The van der Waals surface area contributed by atoms with Crippen molar-refractivity contribution in [2.45, 2.75) is 89.8 Å². The molecule has 0 aromatic heterocycles. The van der Waals surface area contributed by atoms with Crippen LogP contribution in [0, 0.1) is 11.3 Å². The van der Waals surface area contributed by atoms with Gasteiger partial charge in [-0.1, -0.05) is 32.8 Å². The molecule has 0 amide bonds. The third-order valence-electron chi connectivity index (χ3n) is 8.12. The van der Waals surface area contributed by atoms with E-state index >= 15 is 0 Å². The number of Topliss-reactive ketones (excluding diaryl/α,β-unsaturated/α-hetero) is 1. The molecule has 0 N–H and O–H groups in total. The maximum absolute atomic E-state index is 12.8. The zero-order chi connectivity index (χ0) is 18.6. The fraction of sp³-hybridized carbons (Fsp3) is 0.857.